The van der Waals surface area contributed by atoms with Crippen molar-refractivity contribution >= 4 is 23.6 Å². The topological polar surface area (TPSA) is 104 Å². The quantitative estimate of drug-likeness (QED) is 0.202. The summed E-state index contributed by atoms with van der Waals surface area (Å²) in [5.74, 6) is 0.213. The van der Waals surface area contributed by atoms with Gasteiger partial charge in [0.05, 0.1) is 5.56 Å². The van der Waals surface area contributed by atoms with Crippen molar-refractivity contribution in [1.82, 2.24) is 14.8 Å². The molecule has 0 unspecified atom stereocenters. The van der Waals surface area contributed by atoms with Crippen LogP contribution in [-0.2, 0) is 26.6 Å². The molecule has 6 rings (SSSR count). The maximum absolute atomic E-state index is 14.4. The number of para-hydroxylation sites is 1. The Hall–Kier alpha value is -5.83. The first-order valence-electron chi connectivity index (χ1n) is 15.9. The fourth-order valence-corrected chi connectivity index (χ4v) is 6.16. The number of fused-ring (bicyclic) bond motifs is 1. The van der Waals surface area contributed by atoms with E-state index in [0.29, 0.717) is 40.4 Å². The number of rotatable bonds is 7. The number of amides is 3. The highest BCUT2D eigenvalue weighted by molar-refractivity contribution is 6.08. The van der Waals surface area contributed by atoms with Crippen LogP contribution in [-0.4, -0.2) is 45.6 Å². The molecule has 0 aliphatic carbocycles. The Morgan fingerprint density at radius 2 is 1.58 bits per heavy atom. The Morgan fingerprint density at radius 1 is 0.896 bits per heavy atom. The van der Waals surface area contributed by atoms with Gasteiger partial charge in [-0.2, -0.15) is 0 Å². The third-order valence-electron chi connectivity index (χ3n) is 9.06. The first-order chi connectivity index (χ1) is 23.1. The minimum atomic E-state index is -0.594. The molecule has 9 nitrogen and oxygen atoms in total. The summed E-state index contributed by atoms with van der Waals surface area (Å²) in [7, 11) is 3.56. The van der Waals surface area contributed by atoms with Gasteiger partial charge in [-0.1, -0.05) is 48.5 Å². The third-order valence-corrected chi connectivity index (χ3v) is 9.06. The van der Waals surface area contributed by atoms with Crippen LogP contribution in [0.25, 0.3) is 11.3 Å². The van der Waals surface area contributed by atoms with E-state index in [1.807, 2.05) is 59.8 Å². The minimum absolute atomic E-state index is 0.0133. The molecule has 4 aromatic carbocycles. The van der Waals surface area contributed by atoms with Crippen molar-refractivity contribution in [3.05, 3.63) is 137 Å². The normalized spacial score (nSPS) is 13.8. The van der Waals surface area contributed by atoms with Gasteiger partial charge in [0.15, 0.2) is 0 Å². The monoisotopic (exact) mass is 642 g/mol. The highest BCUT2D eigenvalue weighted by Crippen LogP contribution is 2.33. The van der Waals surface area contributed by atoms with Crippen molar-refractivity contribution in [2.45, 2.75) is 39.4 Å². The minimum Gasteiger partial charge on any atom is -0.508 e. The average Bonchev–Trinajstić information content (AvgIpc) is 3.39. The van der Waals surface area contributed by atoms with E-state index in [0.717, 1.165) is 23.2 Å². The van der Waals surface area contributed by atoms with Gasteiger partial charge in [0.25, 0.3) is 11.8 Å². The Morgan fingerprint density at radius 3 is 2.31 bits per heavy atom. The van der Waals surface area contributed by atoms with Crippen LogP contribution in [0.3, 0.4) is 0 Å². The molecular weight excluding hydrogens is 604 g/mol. The number of nitrogens with zero attached hydrogens (tertiary/aromatic N) is 3. The van der Waals surface area contributed by atoms with Crippen molar-refractivity contribution in [1.29, 1.82) is 0 Å². The predicted octanol–water partition coefficient (Wildman–Crippen LogP) is 6.86. The summed E-state index contributed by atoms with van der Waals surface area (Å²) in [6.45, 7) is 4.60. The number of phenols is 1. The Labute approximate surface area is 280 Å². The van der Waals surface area contributed by atoms with E-state index in [9.17, 15) is 19.5 Å². The molecule has 0 spiro atoms. The molecule has 1 atom stereocenters. The van der Waals surface area contributed by atoms with Gasteiger partial charge in [-0.05, 0) is 91.6 Å². The maximum atomic E-state index is 14.4. The lowest BCUT2D eigenvalue weighted by molar-refractivity contribution is 0.0658. The van der Waals surface area contributed by atoms with Gasteiger partial charge in [0.1, 0.15) is 11.5 Å². The highest BCUT2D eigenvalue weighted by Gasteiger charge is 2.30. The number of aromatic nitrogens is 1. The van der Waals surface area contributed by atoms with Crippen LogP contribution in [0.5, 0.6) is 11.5 Å². The molecular formula is C39H38N4O5. The number of anilines is 1. The Bertz CT molecular complexity index is 1980. The number of phenolic OH excluding ortho intramolecular Hbond substituents is 1. The standard InChI is InChI=1S/C39H38N4O5/c1-25-20-28-10-8-9-11-29(28)24-43(25)38(46)33-19-14-27(23-40-39(47)48-32-12-6-5-7-13-32)21-35(33)36-22-34(26(2)41(36)3)37(45)42(4)30-15-17-31(44)18-16-30/h5-19,21-22,25,44H,20,23-24H2,1-4H3,(H,40,47)/t25-/m1/s1. The zero-order valence-corrected chi connectivity index (χ0v) is 27.4. The van der Waals surface area contributed by atoms with E-state index in [2.05, 4.69) is 24.4 Å². The van der Waals surface area contributed by atoms with E-state index in [-0.39, 0.29) is 30.2 Å². The van der Waals surface area contributed by atoms with Crippen molar-refractivity contribution in [2.24, 2.45) is 7.05 Å². The fourth-order valence-electron chi connectivity index (χ4n) is 6.16. The van der Waals surface area contributed by atoms with Crippen LogP contribution in [0.15, 0.2) is 103 Å². The van der Waals surface area contributed by atoms with Crippen molar-refractivity contribution in [3.8, 4) is 22.8 Å². The molecule has 0 fully saturated rings. The van der Waals surface area contributed by atoms with Crippen LogP contribution >= 0.6 is 0 Å². The lowest BCUT2D eigenvalue weighted by Gasteiger charge is -2.35. The predicted molar refractivity (Wildman–Crippen MR) is 185 cm³/mol. The summed E-state index contributed by atoms with van der Waals surface area (Å²) in [5.41, 5.74) is 6.83. The average molecular weight is 643 g/mol. The largest absolute Gasteiger partial charge is 0.508 e. The second kappa shape index (κ2) is 13.5. The number of hydrogen-bond acceptors (Lipinski definition) is 5. The molecule has 0 saturated carbocycles. The van der Waals surface area contributed by atoms with Crippen LogP contribution in [0.1, 0.15) is 50.0 Å². The molecule has 1 aliphatic rings. The number of carbonyl (C=O) groups is 3. The first-order valence-corrected chi connectivity index (χ1v) is 15.9. The second-order valence-electron chi connectivity index (χ2n) is 12.2. The molecule has 3 amide bonds. The fraction of sp³-hybridized carbons (Fsp3) is 0.205. The van der Waals surface area contributed by atoms with Gasteiger partial charge in [0, 0.05) is 61.4 Å². The first kappa shape index (κ1) is 32.1. The lowest BCUT2D eigenvalue weighted by atomic mass is 9.93. The van der Waals surface area contributed by atoms with E-state index in [4.69, 9.17) is 4.74 Å². The zero-order chi connectivity index (χ0) is 33.9. The van der Waals surface area contributed by atoms with E-state index >= 15 is 0 Å². The highest BCUT2D eigenvalue weighted by atomic mass is 16.6. The summed E-state index contributed by atoms with van der Waals surface area (Å²) >= 11 is 0. The van der Waals surface area contributed by atoms with Gasteiger partial charge in [0.2, 0.25) is 0 Å². The number of hydrogen-bond donors (Lipinski definition) is 2. The summed E-state index contributed by atoms with van der Waals surface area (Å²) < 4.78 is 7.31. The van der Waals surface area contributed by atoms with Crippen molar-refractivity contribution < 1.29 is 24.2 Å². The second-order valence-corrected chi connectivity index (χ2v) is 12.2. The molecule has 0 bridgehead atoms. The molecule has 2 N–H and O–H groups in total. The summed E-state index contributed by atoms with van der Waals surface area (Å²) in [6, 6.07) is 30.8. The Balaban J connectivity index is 1.35. The molecule has 1 aromatic heterocycles. The SMILES string of the molecule is Cc1c(C(=O)N(C)c2ccc(O)cc2)cc(-c2cc(CNC(=O)Oc3ccccc3)ccc2C(=O)N2Cc3ccccc3C[C@H]2C)n1C. The summed E-state index contributed by atoms with van der Waals surface area (Å²) in [4.78, 5) is 44.2. The maximum Gasteiger partial charge on any atom is 0.412 e. The zero-order valence-electron chi connectivity index (χ0n) is 27.4. The molecule has 1 aliphatic heterocycles. The summed E-state index contributed by atoms with van der Waals surface area (Å²) in [6.07, 6.45) is 0.164. The number of benzene rings is 4. The Kier molecular flexibility index (Phi) is 9.03. The molecule has 0 saturated heterocycles. The number of ether oxygens (including phenoxy) is 1. The van der Waals surface area contributed by atoms with Gasteiger partial charge in [-0.3, -0.25) is 9.59 Å². The molecule has 5 aromatic rings. The van der Waals surface area contributed by atoms with E-state index in [1.54, 1.807) is 49.5 Å². The van der Waals surface area contributed by atoms with Gasteiger partial charge < -0.3 is 29.5 Å². The molecule has 2 heterocycles. The lowest BCUT2D eigenvalue weighted by Crippen LogP contribution is -2.42. The smallest absolute Gasteiger partial charge is 0.412 e. The van der Waals surface area contributed by atoms with Crippen LogP contribution < -0.4 is 15.0 Å². The van der Waals surface area contributed by atoms with Gasteiger partial charge in [-0.15, -0.1) is 0 Å². The van der Waals surface area contributed by atoms with Crippen molar-refractivity contribution in [3.63, 3.8) is 0 Å². The third kappa shape index (κ3) is 6.53. The molecule has 9 heteroatoms. The molecule has 0 radical (unpaired) electrons. The van der Waals surface area contributed by atoms with E-state index in [1.165, 1.54) is 22.6 Å². The van der Waals surface area contributed by atoms with Crippen LogP contribution in [0, 0.1) is 6.92 Å². The number of nitrogens with one attached hydrogen (secondary N) is 1. The van der Waals surface area contributed by atoms with Gasteiger partial charge >= 0.3 is 6.09 Å². The van der Waals surface area contributed by atoms with E-state index < -0.39 is 6.09 Å². The van der Waals surface area contributed by atoms with Crippen molar-refractivity contribution in [2.75, 3.05) is 11.9 Å². The number of carbonyl (C=O) groups excluding carboxylic acids is 3. The summed E-state index contributed by atoms with van der Waals surface area (Å²) in [5, 5.41) is 12.5. The number of aromatic hydroxyl groups is 1. The van der Waals surface area contributed by atoms with Gasteiger partial charge in [-0.25, -0.2) is 4.79 Å². The molecule has 244 valence electrons. The van der Waals surface area contributed by atoms with Crippen LogP contribution in [0.2, 0.25) is 0 Å². The van der Waals surface area contributed by atoms with Crippen LogP contribution in [0.4, 0.5) is 10.5 Å². The molecule has 48 heavy (non-hydrogen) atoms.